The maximum Gasteiger partial charge on any atom is 0.135 e. The second-order valence-electron chi connectivity index (χ2n) is 5.54. The first-order valence-electron chi connectivity index (χ1n) is 7.70. The lowest BCUT2D eigenvalue weighted by Gasteiger charge is -2.31. The summed E-state index contributed by atoms with van der Waals surface area (Å²) in [5, 5.41) is 2.78. The summed E-state index contributed by atoms with van der Waals surface area (Å²) < 4.78 is 1.93. The van der Waals surface area contributed by atoms with Gasteiger partial charge in [-0.05, 0) is 23.8 Å². The smallest absolute Gasteiger partial charge is 0.135 e. The maximum absolute atomic E-state index is 6.18. The first-order chi connectivity index (χ1) is 11.8. The average molecular weight is 338 g/mol. The number of nitrogens with zero attached hydrogens (tertiary/aromatic N) is 4. The standard InChI is InChI=1S/C18H16ClN5/c19-15-6-7-16-17(10-15)24(21-11-14-4-2-1-3-5-14)12-18(22-16)23-9-8-20-13-23/h1-10,13,21H,11-12H2. The third kappa shape index (κ3) is 3.04. The van der Waals surface area contributed by atoms with Gasteiger partial charge in [-0.1, -0.05) is 41.9 Å². The molecule has 120 valence electrons. The highest BCUT2D eigenvalue weighted by atomic mass is 35.5. The first-order valence-corrected chi connectivity index (χ1v) is 8.08. The minimum absolute atomic E-state index is 0.622. The molecule has 0 aliphatic carbocycles. The Balaban J connectivity index is 1.64. The number of benzene rings is 2. The topological polar surface area (TPSA) is 45.5 Å². The number of hydrazine groups is 1. The number of imidazole rings is 1. The summed E-state index contributed by atoms with van der Waals surface area (Å²) in [6, 6.07) is 16.0. The largest absolute Gasteiger partial charge is 0.298 e. The fraction of sp³-hybridized carbons (Fsp3) is 0.111. The van der Waals surface area contributed by atoms with Crippen molar-refractivity contribution in [2.45, 2.75) is 6.54 Å². The summed E-state index contributed by atoms with van der Waals surface area (Å²) in [4.78, 5) is 8.84. The third-order valence-electron chi connectivity index (χ3n) is 3.90. The van der Waals surface area contributed by atoms with E-state index < -0.39 is 0 Å². The van der Waals surface area contributed by atoms with E-state index >= 15 is 0 Å². The zero-order valence-corrected chi connectivity index (χ0v) is 13.7. The molecule has 0 fully saturated rings. The molecule has 0 amide bonds. The molecule has 0 spiro atoms. The van der Waals surface area contributed by atoms with Gasteiger partial charge in [-0.2, -0.15) is 0 Å². The van der Waals surface area contributed by atoms with E-state index in [9.17, 15) is 0 Å². The lowest BCUT2D eigenvalue weighted by molar-refractivity contribution is 0.652. The van der Waals surface area contributed by atoms with Crippen molar-refractivity contribution in [3.8, 4) is 0 Å². The normalized spacial score (nSPS) is 13.5. The van der Waals surface area contributed by atoms with E-state index in [4.69, 9.17) is 16.6 Å². The van der Waals surface area contributed by atoms with E-state index in [1.165, 1.54) is 5.56 Å². The van der Waals surface area contributed by atoms with Crippen LogP contribution in [0.4, 0.5) is 11.4 Å². The number of halogens is 1. The molecule has 1 aliphatic rings. The average Bonchev–Trinajstić information content (AvgIpc) is 3.15. The number of hydrogen-bond donors (Lipinski definition) is 1. The zero-order chi connectivity index (χ0) is 16.4. The van der Waals surface area contributed by atoms with Crippen molar-refractivity contribution in [2.24, 2.45) is 4.99 Å². The second-order valence-corrected chi connectivity index (χ2v) is 5.97. The zero-order valence-electron chi connectivity index (χ0n) is 12.9. The maximum atomic E-state index is 6.18. The highest BCUT2D eigenvalue weighted by Crippen LogP contribution is 2.34. The van der Waals surface area contributed by atoms with Gasteiger partial charge in [0.15, 0.2) is 0 Å². The van der Waals surface area contributed by atoms with Crippen molar-refractivity contribution >= 4 is 28.8 Å². The Morgan fingerprint density at radius 3 is 2.79 bits per heavy atom. The number of anilines is 1. The molecule has 1 N–H and O–H groups in total. The predicted octanol–water partition coefficient (Wildman–Crippen LogP) is 3.64. The number of nitrogens with one attached hydrogen (secondary N) is 1. The molecular formula is C18H16ClN5. The molecule has 2 heterocycles. The monoisotopic (exact) mass is 337 g/mol. The number of aromatic nitrogens is 2. The molecule has 6 heteroatoms. The quantitative estimate of drug-likeness (QED) is 0.793. The van der Waals surface area contributed by atoms with Gasteiger partial charge in [-0.15, -0.1) is 0 Å². The molecule has 1 aliphatic heterocycles. The summed E-state index contributed by atoms with van der Waals surface area (Å²) in [5.74, 6) is 0.905. The molecule has 4 rings (SSSR count). The van der Waals surface area contributed by atoms with E-state index in [2.05, 4.69) is 27.6 Å². The Morgan fingerprint density at radius 1 is 1.12 bits per heavy atom. The molecule has 0 atom stereocenters. The molecule has 5 nitrogen and oxygen atoms in total. The van der Waals surface area contributed by atoms with Gasteiger partial charge in [-0.3, -0.25) is 9.58 Å². The lowest BCUT2D eigenvalue weighted by Crippen LogP contribution is -2.44. The van der Waals surface area contributed by atoms with Gasteiger partial charge >= 0.3 is 0 Å². The fourth-order valence-corrected chi connectivity index (χ4v) is 2.85. The molecular weight excluding hydrogens is 322 g/mol. The van der Waals surface area contributed by atoms with Crippen LogP contribution < -0.4 is 10.4 Å². The molecule has 3 aromatic rings. The SMILES string of the molecule is Clc1ccc2c(c1)N(NCc1ccccc1)CC(n1ccnc1)=N2. The van der Waals surface area contributed by atoms with Gasteiger partial charge in [0.05, 0.1) is 17.9 Å². The Kier molecular flexibility index (Phi) is 4.02. The molecule has 0 saturated heterocycles. The summed E-state index contributed by atoms with van der Waals surface area (Å²) in [7, 11) is 0. The molecule has 1 aromatic heterocycles. The van der Waals surface area contributed by atoms with Crippen LogP contribution in [0.25, 0.3) is 0 Å². The van der Waals surface area contributed by atoms with Crippen LogP contribution in [-0.4, -0.2) is 21.9 Å². The van der Waals surface area contributed by atoms with Crippen molar-refractivity contribution in [3.63, 3.8) is 0 Å². The van der Waals surface area contributed by atoms with Crippen molar-refractivity contribution in [3.05, 3.63) is 77.8 Å². The Labute approximate surface area is 145 Å². The van der Waals surface area contributed by atoms with Gasteiger partial charge in [-0.25, -0.2) is 15.4 Å². The van der Waals surface area contributed by atoms with E-state index in [0.717, 1.165) is 23.8 Å². The fourth-order valence-electron chi connectivity index (χ4n) is 2.68. The van der Waals surface area contributed by atoms with Crippen LogP contribution in [0.5, 0.6) is 0 Å². The van der Waals surface area contributed by atoms with Crippen LogP contribution >= 0.6 is 11.6 Å². The predicted molar refractivity (Wildman–Crippen MR) is 96.8 cm³/mol. The van der Waals surface area contributed by atoms with Crippen molar-refractivity contribution in [2.75, 3.05) is 11.6 Å². The number of hydrogen-bond acceptors (Lipinski definition) is 4. The summed E-state index contributed by atoms with van der Waals surface area (Å²) in [6.45, 7) is 1.35. The summed E-state index contributed by atoms with van der Waals surface area (Å²) in [5.41, 5.74) is 6.55. The molecule has 0 bridgehead atoms. The van der Waals surface area contributed by atoms with Crippen molar-refractivity contribution < 1.29 is 0 Å². The van der Waals surface area contributed by atoms with Crippen LogP contribution in [0.3, 0.4) is 0 Å². The molecule has 24 heavy (non-hydrogen) atoms. The van der Waals surface area contributed by atoms with Crippen LogP contribution in [-0.2, 0) is 6.54 Å². The first kappa shape index (κ1) is 14.9. The minimum Gasteiger partial charge on any atom is -0.298 e. The second kappa shape index (κ2) is 6.47. The third-order valence-corrected chi connectivity index (χ3v) is 4.13. The highest BCUT2D eigenvalue weighted by molar-refractivity contribution is 6.31. The van der Waals surface area contributed by atoms with Crippen LogP contribution in [0, 0.1) is 0 Å². The van der Waals surface area contributed by atoms with E-state index in [0.29, 0.717) is 11.6 Å². The Hall–Kier alpha value is -2.63. The lowest BCUT2D eigenvalue weighted by atomic mass is 10.2. The molecule has 0 saturated carbocycles. The molecule has 0 unspecified atom stereocenters. The van der Waals surface area contributed by atoms with Crippen molar-refractivity contribution in [1.29, 1.82) is 0 Å². The number of rotatable bonds is 3. The Bertz CT molecular complexity index is 858. The Morgan fingerprint density at radius 2 is 2.00 bits per heavy atom. The minimum atomic E-state index is 0.622. The summed E-state index contributed by atoms with van der Waals surface area (Å²) >= 11 is 6.18. The van der Waals surface area contributed by atoms with Gasteiger partial charge in [0.1, 0.15) is 12.2 Å². The van der Waals surface area contributed by atoms with Crippen LogP contribution in [0.2, 0.25) is 5.02 Å². The number of fused-ring (bicyclic) bond motifs is 1. The van der Waals surface area contributed by atoms with E-state index in [1.807, 2.05) is 47.2 Å². The van der Waals surface area contributed by atoms with E-state index in [-0.39, 0.29) is 0 Å². The van der Waals surface area contributed by atoms with Gasteiger partial charge < -0.3 is 0 Å². The van der Waals surface area contributed by atoms with Gasteiger partial charge in [0, 0.05) is 24.0 Å². The van der Waals surface area contributed by atoms with Gasteiger partial charge in [0.2, 0.25) is 0 Å². The molecule has 0 radical (unpaired) electrons. The molecule has 2 aromatic carbocycles. The van der Waals surface area contributed by atoms with Crippen molar-refractivity contribution in [1.82, 2.24) is 15.0 Å². The highest BCUT2D eigenvalue weighted by Gasteiger charge is 2.20. The van der Waals surface area contributed by atoms with Crippen LogP contribution in [0.15, 0.2) is 72.2 Å². The van der Waals surface area contributed by atoms with E-state index in [1.54, 1.807) is 12.5 Å². The van der Waals surface area contributed by atoms with Crippen LogP contribution in [0.1, 0.15) is 5.56 Å². The summed E-state index contributed by atoms with van der Waals surface area (Å²) in [6.07, 6.45) is 5.41. The number of aliphatic imine (C=N–C) groups is 1. The van der Waals surface area contributed by atoms with Gasteiger partial charge in [0.25, 0.3) is 0 Å².